The van der Waals surface area contributed by atoms with Gasteiger partial charge in [-0.25, -0.2) is 15.0 Å². The van der Waals surface area contributed by atoms with Gasteiger partial charge < -0.3 is 9.88 Å². The SMILES string of the molecule is Clc1ccc(-c2ccc(NCCc3ncccn3)cc2-n2ccnc2)c(Cl)c1. The Bertz CT molecular complexity index is 1070. The summed E-state index contributed by atoms with van der Waals surface area (Å²) in [7, 11) is 0. The maximum absolute atomic E-state index is 6.45. The van der Waals surface area contributed by atoms with E-state index in [-0.39, 0.29) is 0 Å². The van der Waals surface area contributed by atoms with Gasteiger partial charge in [-0.1, -0.05) is 35.3 Å². The van der Waals surface area contributed by atoms with Crippen LogP contribution in [0.5, 0.6) is 0 Å². The fraction of sp³-hybridized carbons (Fsp3) is 0.0952. The number of nitrogens with zero attached hydrogens (tertiary/aromatic N) is 4. The molecule has 7 heteroatoms. The summed E-state index contributed by atoms with van der Waals surface area (Å²) in [4.78, 5) is 12.7. The third-order valence-corrected chi connectivity index (χ3v) is 4.85. The molecule has 4 rings (SSSR count). The van der Waals surface area contributed by atoms with E-state index in [1.807, 2.05) is 41.1 Å². The number of halogens is 2. The van der Waals surface area contributed by atoms with Crippen LogP contribution in [0.1, 0.15) is 5.82 Å². The van der Waals surface area contributed by atoms with Gasteiger partial charge in [0.05, 0.1) is 12.0 Å². The van der Waals surface area contributed by atoms with Crippen molar-refractivity contribution < 1.29 is 0 Å². The minimum atomic E-state index is 0.607. The van der Waals surface area contributed by atoms with Crippen molar-refractivity contribution >= 4 is 28.9 Å². The Morgan fingerprint density at radius 3 is 2.50 bits per heavy atom. The average Bonchev–Trinajstić information content (AvgIpc) is 3.24. The molecule has 0 bridgehead atoms. The van der Waals surface area contributed by atoms with E-state index < -0.39 is 0 Å². The Balaban J connectivity index is 1.63. The lowest BCUT2D eigenvalue weighted by Gasteiger charge is -2.15. The van der Waals surface area contributed by atoms with Crippen molar-refractivity contribution in [2.24, 2.45) is 0 Å². The van der Waals surface area contributed by atoms with Crippen molar-refractivity contribution in [2.75, 3.05) is 11.9 Å². The Labute approximate surface area is 173 Å². The molecule has 2 aromatic heterocycles. The van der Waals surface area contributed by atoms with Crippen LogP contribution in [0.2, 0.25) is 10.0 Å². The summed E-state index contributed by atoms with van der Waals surface area (Å²) in [5, 5.41) is 4.65. The monoisotopic (exact) mass is 409 g/mol. The third-order valence-electron chi connectivity index (χ3n) is 4.30. The quantitative estimate of drug-likeness (QED) is 0.469. The van der Waals surface area contributed by atoms with Crippen LogP contribution in [0.4, 0.5) is 5.69 Å². The second kappa shape index (κ2) is 8.42. The molecule has 140 valence electrons. The van der Waals surface area contributed by atoms with Crippen LogP contribution in [0.25, 0.3) is 16.8 Å². The van der Waals surface area contributed by atoms with Gasteiger partial charge in [0.2, 0.25) is 0 Å². The summed E-state index contributed by atoms with van der Waals surface area (Å²) in [6.45, 7) is 0.731. The first-order chi connectivity index (χ1) is 13.7. The van der Waals surface area contributed by atoms with Crippen molar-refractivity contribution in [3.8, 4) is 16.8 Å². The summed E-state index contributed by atoms with van der Waals surface area (Å²) in [5.41, 5.74) is 3.88. The lowest BCUT2D eigenvalue weighted by molar-refractivity contribution is 0.893. The second-order valence-electron chi connectivity index (χ2n) is 6.17. The van der Waals surface area contributed by atoms with Crippen LogP contribution in [0.3, 0.4) is 0 Å². The molecule has 0 aliphatic heterocycles. The van der Waals surface area contributed by atoms with Gasteiger partial charge in [-0.3, -0.25) is 0 Å². The van der Waals surface area contributed by atoms with Gasteiger partial charge in [0.15, 0.2) is 0 Å². The maximum Gasteiger partial charge on any atom is 0.129 e. The largest absolute Gasteiger partial charge is 0.385 e. The number of imidazole rings is 1. The summed E-state index contributed by atoms with van der Waals surface area (Å²) >= 11 is 12.5. The van der Waals surface area contributed by atoms with Gasteiger partial charge in [-0.15, -0.1) is 0 Å². The molecule has 0 aliphatic rings. The molecule has 0 radical (unpaired) electrons. The molecule has 28 heavy (non-hydrogen) atoms. The predicted molar refractivity (Wildman–Crippen MR) is 113 cm³/mol. The number of anilines is 1. The Morgan fingerprint density at radius 1 is 0.929 bits per heavy atom. The molecule has 0 spiro atoms. The number of nitrogens with one attached hydrogen (secondary N) is 1. The predicted octanol–water partition coefficient (Wildman–Crippen LogP) is 5.29. The van der Waals surface area contributed by atoms with Crippen molar-refractivity contribution in [3.05, 3.63) is 89.4 Å². The van der Waals surface area contributed by atoms with Crippen LogP contribution in [-0.4, -0.2) is 26.1 Å². The number of hydrogen-bond donors (Lipinski definition) is 1. The van der Waals surface area contributed by atoms with Crippen molar-refractivity contribution in [1.82, 2.24) is 19.5 Å². The van der Waals surface area contributed by atoms with Crippen molar-refractivity contribution in [3.63, 3.8) is 0 Å². The maximum atomic E-state index is 6.45. The number of benzene rings is 2. The topological polar surface area (TPSA) is 55.6 Å². The number of rotatable bonds is 6. The smallest absolute Gasteiger partial charge is 0.129 e. The summed E-state index contributed by atoms with van der Waals surface area (Å²) in [5.74, 6) is 0.814. The third kappa shape index (κ3) is 4.16. The molecule has 5 nitrogen and oxygen atoms in total. The molecule has 0 saturated heterocycles. The van der Waals surface area contributed by atoms with Gasteiger partial charge in [-0.2, -0.15) is 0 Å². The lowest BCUT2D eigenvalue weighted by Crippen LogP contribution is -2.08. The van der Waals surface area contributed by atoms with E-state index in [0.717, 1.165) is 41.3 Å². The molecular formula is C21H17Cl2N5. The van der Waals surface area contributed by atoms with Gasteiger partial charge in [0.1, 0.15) is 5.82 Å². The molecule has 0 fully saturated rings. The summed E-state index contributed by atoms with van der Waals surface area (Å²) < 4.78 is 1.96. The normalized spacial score (nSPS) is 10.8. The fourth-order valence-electron chi connectivity index (χ4n) is 2.97. The first-order valence-corrected chi connectivity index (χ1v) is 9.54. The standard InChI is InChI=1S/C21H17Cl2N5/c22-15-2-4-17(19(23)12-15)18-5-3-16(13-20(18)28-11-10-24-14-28)25-9-6-21-26-7-1-8-27-21/h1-5,7-8,10-14,25H,6,9H2. The second-order valence-corrected chi connectivity index (χ2v) is 7.01. The molecule has 2 aromatic carbocycles. The van der Waals surface area contributed by atoms with E-state index >= 15 is 0 Å². The molecule has 0 unspecified atom stereocenters. The van der Waals surface area contributed by atoms with E-state index in [4.69, 9.17) is 23.2 Å². The molecule has 2 heterocycles. The Kier molecular flexibility index (Phi) is 5.55. The minimum Gasteiger partial charge on any atom is -0.385 e. The van der Waals surface area contributed by atoms with Crippen molar-refractivity contribution in [2.45, 2.75) is 6.42 Å². The van der Waals surface area contributed by atoms with Gasteiger partial charge in [0, 0.05) is 64.6 Å². The molecule has 4 aromatic rings. The molecular weight excluding hydrogens is 393 g/mol. The molecule has 0 saturated carbocycles. The Hall–Kier alpha value is -2.89. The van der Waals surface area contributed by atoms with E-state index in [1.54, 1.807) is 31.0 Å². The molecule has 0 amide bonds. The van der Waals surface area contributed by atoms with E-state index in [9.17, 15) is 0 Å². The van der Waals surface area contributed by atoms with Crippen LogP contribution in [0.15, 0.2) is 73.6 Å². The highest BCUT2D eigenvalue weighted by molar-refractivity contribution is 6.36. The summed E-state index contributed by atoms with van der Waals surface area (Å²) in [6.07, 6.45) is 9.68. The number of hydrogen-bond acceptors (Lipinski definition) is 4. The zero-order valence-corrected chi connectivity index (χ0v) is 16.4. The zero-order valence-electron chi connectivity index (χ0n) is 14.9. The van der Waals surface area contributed by atoms with Crippen LogP contribution >= 0.6 is 23.2 Å². The fourth-order valence-corrected chi connectivity index (χ4v) is 3.48. The van der Waals surface area contributed by atoms with Crippen LogP contribution in [-0.2, 0) is 6.42 Å². The molecule has 0 atom stereocenters. The zero-order chi connectivity index (χ0) is 19.3. The summed E-state index contributed by atoms with van der Waals surface area (Å²) in [6, 6.07) is 13.5. The van der Waals surface area contributed by atoms with Crippen LogP contribution in [0, 0.1) is 0 Å². The minimum absolute atomic E-state index is 0.607. The lowest BCUT2D eigenvalue weighted by atomic mass is 10.0. The first kappa shape index (κ1) is 18.5. The highest BCUT2D eigenvalue weighted by Gasteiger charge is 2.12. The highest BCUT2D eigenvalue weighted by Crippen LogP contribution is 2.35. The number of aromatic nitrogens is 4. The average molecular weight is 410 g/mol. The van der Waals surface area contributed by atoms with Gasteiger partial charge >= 0.3 is 0 Å². The molecule has 1 N–H and O–H groups in total. The van der Waals surface area contributed by atoms with E-state index in [0.29, 0.717) is 10.0 Å². The van der Waals surface area contributed by atoms with E-state index in [2.05, 4.69) is 26.3 Å². The first-order valence-electron chi connectivity index (χ1n) is 8.78. The van der Waals surface area contributed by atoms with Crippen molar-refractivity contribution in [1.29, 1.82) is 0 Å². The van der Waals surface area contributed by atoms with E-state index in [1.165, 1.54) is 0 Å². The van der Waals surface area contributed by atoms with Gasteiger partial charge in [-0.05, 0) is 30.3 Å². The van der Waals surface area contributed by atoms with Gasteiger partial charge in [0.25, 0.3) is 0 Å². The molecule has 0 aliphatic carbocycles. The van der Waals surface area contributed by atoms with Crippen LogP contribution < -0.4 is 5.32 Å². The Morgan fingerprint density at radius 2 is 1.75 bits per heavy atom. The highest BCUT2D eigenvalue weighted by atomic mass is 35.5.